The van der Waals surface area contributed by atoms with Gasteiger partial charge < -0.3 is 10.5 Å². The van der Waals surface area contributed by atoms with Crippen LogP contribution in [0.15, 0.2) is 0 Å². The normalized spacial score (nSPS) is 52.5. The molecule has 4 unspecified atom stereocenters. The molecule has 0 aromatic heterocycles. The average molecular weight is 181 g/mol. The van der Waals surface area contributed by atoms with Gasteiger partial charge >= 0.3 is 0 Å². The lowest BCUT2D eigenvalue weighted by molar-refractivity contribution is -0.134. The van der Waals surface area contributed by atoms with Crippen LogP contribution < -0.4 is 5.73 Å². The van der Waals surface area contributed by atoms with Gasteiger partial charge in [-0.15, -0.1) is 0 Å². The maximum Gasteiger partial charge on any atom is 0.226 e. The number of nitrogens with two attached hydrogens (primary N) is 1. The summed E-state index contributed by atoms with van der Waals surface area (Å²) in [6, 6.07) is 0. The summed E-state index contributed by atoms with van der Waals surface area (Å²) in [5.74, 6) is 1.02. The van der Waals surface area contributed by atoms with E-state index in [1.807, 2.05) is 0 Å². The molecule has 4 rings (SSSR count). The van der Waals surface area contributed by atoms with Crippen molar-refractivity contribution in [3.63, 3.8) is 0 Å². The highest BCUT2D eigenvalue weighted by Gasteiger charge is 2.60. The Morgan fingerprint density at radius 1 is 1.46 bits per heavy atom. The minimum atomic E-state index is -0.272. The minimum Gasteiger partial charge on any atom is -0.377 e. The largest absolute Gasteiger partial charge is 0.377 e. The van der Waals surface area contributed by atoms with Crippen LogP contribution in [-0.4, -0.2) is 18.6 Å². The third kappa shape index (κ3) is 0.810. The van der Waals surface area contributed by atoms with Crippen LogP contribution in [0.3, 0.4) is 0 Å². The fourth-order valence-corrected chi connectivity index (χ4v) is 3.66. The van der Waals surface area contributed by atoms with Gasteiger partial charge in [0.05, 0.1) is 18.1 Å². The lowest BCUT2D eigenvalue weighted by Gasteiger charge is -2.46. The quantitative estimate of drug-likeness (QED) is 0.646. The highest BCUT2D eigenvalue weighted by Crippen LogP contribution is 2.57. The zero-order chi connectivity index (χ0) is 9.05. The maximum atomic E-state index is 11.5. The summed E-state index contributed by atoms with van der Waals surface area (Å²) in [5.41, 5.74) is 5.23. The van der Waals surface area contributed by atoms with Crippen LogP contribution in [0.1, 0.15) is 25.7 Å². The Morgan fingerprint density at radius 3 is 2.92 bits per heavy atom. The molecule has 4 fully saturated rings. The molecule has 1 amide bonds. The van der Waals surface area contributed by atoms with E-state index in [0.29, 0.717) is 24.5 Å². The van der Waals surface area contributed by atoms with E-state index < -0.39 is 0 Å². The monoisotopic (exact) mass is 181 g/mol. The number of hydrogen-bond acceptors (Lipinski definition) is 2. The first-order valence-corrected chi connectivity index (χ1v) is 5.14. The lowest BCUT2D eigenvalue weighted by Crippen LogP contribution is -2.51. The molecule has 3 aliphatic carbocycles. The Hall–Kier alpha value is -0.570. The molecule has 3 nitrogen and oxygen atoms in total. The number of ether oxygens (including phenoxy) is 1. The topological polar surface area (TPSA) is 52.3 Å². The second-order valence-electron chi connectivity index (χ2n) is 4.86. The highest BCUT2D eigenvalue weighted by molar-refractivity contribution is 5.82. The van der Waals surface area contributed by atoms with Crippen molar-refractivity contribution in [2.45, 2.75) is 31.8 Å². The van der Waals surface area contributed by atoms with Crippen LogP contribution in [0.4, 0.5) is 0 Å². The molecule has 1 aliphatic heterocycles. The molecular weight excluding hydrogens is 166 g/mol. The first kappa shape index (κ1) is 7.80. The molecular formula is C10H15NO2. The third-order valence-electron chi connectivity index (χ3n) is 4.31. The molecule has 3 heteroatoms. The molecule has 0 aromatic rings. The van der Waals surface area contributed by atoms with E-state index in [0.717, 1.165) is 12.8 Å². The maximum absolute atomic E-state index is 11.5. The van der Waals surface area contributed by atoms with Gasteiger partial charge in [0.1, 0.15) is 0 Å². The second kappa shape index (κ2) is 2.27. The molecule has 3 saturated carbocycles. The van der Waals surface area contributed by atoms with Crippen molar-refractivity contribution in [3.8, 4) is 0 Å². The summed E-state index contributed by atoms with van der Waals surface area (Å²) in [5, 5.41) is 0. The molecule has 4 atom stereocenters. The molecule has 1 heterocycles. The standard InChI is InChI=1S/C10H15NO2/c11-9(12)10-4-6-1-2-7(10)8(3-6)13-5-10/h6-8H,1-5H2,(H2,11,12). The number of primary amides is 1. The van der Waals surface area contributed by atoms with Gasteiger partial charge in [-0.25, -0.2) is 0 Å². The van der Waals surface area contributed by atoms with Gasteiger partial charge in [0, 0.05) is 5.92 Å². The van der Waals surface area contributed by atoms with E-state index in [2.05, 4.69) is 0 Å². The lowest BCUT2D eigenvalue weighted by atomic mass is 9.56. The summed E-state index contributed by atoms with van der Waals surface area (Å²) < 4.78 is 5.67. The number of carbonyl (C=O) groups is 1. The fraction of sp³-hybridized carbons (Fsp3) is 0.900. The van der Waals surface area contributed by atoms with Crippen molar-refractivity contribution in [1.29, 1.82) is 0 Å². The van der Waals surface area contributed by atoms with Crippen molar-refractivity contribution < 1.29 is 9.53 Å². The Balaban J connectivity index is 2.02. The number of rotatable bonds is 1. The van der Waals surface area contributed by atoms with Crippen LogP contribution in [0.25, 0.3) is 0 Å². The predicted octanol–water partition coefficient (Wildman–Crippen LogP) is 0.677. The summed E-state index contributed by atoms with van der Waals surface area (Å²) in [6.07, 6.45) is 4.93. The van der Waals surface area contributed by atoms with Gasteiger partial charge in [-0.2, -0.15) is 0 Å². The fourth-order valence-electron chi connectivity index (χ4n) is 3.66. The summed E-state index contributed by atoms with van der Waals surface area (Å²) in [7, 11) is 0. The Labute approximate surface area is 77.6 Å². The number of amides is 1. The van der Waals surface area contributed by atoms with E-state index >= 15 is 0 Å². The van der Waals surface area contributed by atoms with Crippen molar-refractivity contribution in [2.24, 2.45) is 23.0 Å². The van der Waals surface area contributed by atoms with Gasteiger partial charge in [0.2, 0.25) is 5.91 Å². The molecule has 72 valence electrons. The molecule has 2 N–H and O–H groups in total. The van der Waals surface area contributed by atoms with Crippen molar-refractivity contribution in [2.75, 3.05) is 6.61 Å². The van der Waals surface area contributed by atoms with E-state index in [9.17, 15) is 4.79 Å². The van der Waals surface area contributed by atoms with Gasteiger partial charge in [0.25, 0.3) is 0 Å². The Morgan fingerprint density at radius 2 is 2.31 bits per heavy atom. The predicted molar refractivity (Wildman–Crippen MR) is 46.8 cm³/mol. The molecule has 4 aliphatic rings. The van der Waals surface area contributed by atoms with Gasteiger partial charge in [-0.3, -0.25) is 4.79 Å². The molecule has 13 heavy (non-hydrogen) atoms. The second-order valence-corrected chi connectivity index (χ2v) is 4.86. The molecule has 0 spiro atoms. The minimum absolute atomic E-state index is 0.121. The SMILES string of the molecule is NC(=O)C12COC3CC(CCC31)C2. The molecule has 4 bridgehead atoms. The van der Waals surface area contributed by atoms with Crippen LogP contribution in [0.2, 0.25) is 0 Å². The Kier molecular flexibility index (Phi) is 1.36. The summed E-state index contributed by atoms with van der Waals surface area (Å²) in [4.78, 5) is 11.5. The summed E-state index contributed by atoms with van der Waals surface area (Å²) >= 11 is 0. The summed E-state index contributed by atoms with van der Waals surface area (Å²) in [6.45, 7) is 0.591. The first-order chi connectivity index (χ1) is 6.22. The van der Waals surface area contributed by atoms with Gasteiger partial charge in [0.15, 0.2) is 0 Å². The van der Waals surface area contributed by atoms with Crippen molar-refractivity contribution >= 4 is 5.91 Å². The van der Waals surface area contributed by atoms with E-state index in [-0.39, 0.29) is 11.3 Å². The number of hydrogen-bond donors (Lipinski definition) is 1. The van der Waals surface area contributed by atoms with Crippen LogP contribution >= 0.6 is 0 Å². The average Bonchev–Trinajstić information content (AvgIpc) is 2.41. The van der Waals surface area contributed by atoms with Gasteiger partial charge in [-0.1, -0.05) is 0 Å². The van der Waals surface area contributed by atoms with Crippen LogP contribution in [-0.2, 0) is 9.53 Å². The smallest absolute Gasteiger partial charge is 0.226 e. The van der Waals surface area contributed by atoms with E-state index in [4.69, 9.17) is 10.5 Å². The zero-order valence-electron chi connectivity index (χ0n) is 7.66. The first-order valence-electron chi connectivity index (χ1n) is 5.14. The zero-order valence-corrected chi connectivity index (χ0v) is 7.66. The van der Waals surface area contributed by atoms with Crippen LogP contribution in [0.5, 0.6) is 0 Å². The van der Waals surface area contributed by atoms with Crippen LogP contribution in [0, 0.1) is 17.3 Å². The highest BCUT2D eigenvalue weighted by atomic mass is 16.5. The van der Waals surface area contributed by atoms with E-state index in [1.165, 1.54) is 12.8 Å². The third-order valence-corrected chi connectivity index (χ3v) is 4.31. The van der Waals surface area contributed by atoms with E-state index in [1.54, 1.807) is 0 Å². The molecule has 0 aromatic carbocycles. The Bertz CT molecular complexity index is 266. The van der Waals surface area contributed by atoms with Gasteiger partial charge in [-0.05, 0) is 31.6 Å². The van der Waals surface area contributed by atoms with Crippen molar-refractivity contribution in [1.82, 2.24) is 0 Å². The number of carbonyl (C=O) groups excluding carboxylic acids is 1. The van der Waals surface area contributed by atoms with Crippen molar-refractivity contribution in [3.05, 3.63) is 0 Å². The molecule has 0 radical (unpaired) electrons. The molecule has 1 saturated heterocycles. The number of fused-ring (bicyclic) bond motifs is 1.